The van der Waals surface area contributed by atoms with Crippen molar-refractivity contribution >= 4 is 14.2 Å². The van der Waals surface area contributed by atoms with E-state index in [1.165, 1.54) is 5.56 Å². The number of nitrogens with zero attached hydrogens (tertiary/aromatic N) is 1. The van der Waals surface area contributed by atoms with Crippen LogP contribution in [0.4, 0.5) is 0 Å². The standard InChI is InChI=1S/C13H19NOSi/c1-10-6-5-7-12(8-10)13-14-9-11(2)16(3,4)15-13/h5-8,11H,9H2,1-4H3. The lowest BCUT2D eigenvalue weighted by molar-refractivity contribution is 0.498. The normalized spacial score (nSPS) is 23.5. The van der Waals surface area contributed by atoms with E-state index >= 15 is 0 Å². The Balaban J connectivity index is 2.30. The van der Waals surface area contributed by atoms with E-state index in [9.17, 15) is 0 Å². The first-order valence-corrected chi connectivity index (χ1v) is 8.78. The molecule has 1 aromatic rings. The summed E-state index contributed by atoms with van der Waals surface area (Å²) in [4.78, 5) is 4.55. The summed E-state index contributed by atoms with van der Waals surface area (Å²) in [6.45, 7) is 9.77. The number of aryl methyl sites for hydroxylation is 1. The third-order valence-corrected chi connectivity index (χ3v) is 6.60. The van der Waals surface area contributed by atoms with E-state index in [4.69, 9.17) is 4.43 Å². The third kappa shape index (κ3) is 2.19. The fourth-order valence-corrected chi connectivity index (χ4v) is 3.16. The fraction of sp³-hybridized carbons (Fsp3) is 0.462. The maximum absolute atomic E-state index is 6.12. The number of hydrogen-bond acceptors (Lipinski definition) is 2. The molecule has 86 valence electrons. The summed E-state index contributed by atoms with van der Waals surface area (Å²) in [5.74, 6) is 0.846. The summed E-state index contributed by atoms with van der Waals surface area (Å²) in [6, 6.07) is 8.37. The van der Waals surface area contributed by atoms with E-state index in [0.29, 0.717) is 5.54 Å². The van der Waals surface area contributed by atoms with Crippen molar-refractivity contribution in [2.24, 2.45) is 4.99 Å². The Morgan fingerprint density at radius 2 is 2.12 bits per heavy atom. The molecular formula is C13H19NOSi. The second-order valence-electron chi connectivity index (χ2n) is 5.12. The number of benzene rings is 1. The average Bonchev–Trinajstić information content (AvgIpc) is 2.22. The van der Waals surface area contributed by atoms with Gasteiger partial charge in [0.1, 0.15) is 0 Å². The first kappa shape index (κ1) is 11.4. The summed E-state index contributed by atoms with van der Waals surface area (Å²) < 4.78 is 6.12. The van der Waals surface area contributed by atoms with Crippen LogP contribution in [0, 0.1) is 6.92 Å². The molecular weight excluding hydrogens is 214 g/mol. The van der Waals surface area contributed by atoms with Gasteiger partial charge in [0.25, 0.3) is 8.32 Å². The minimum Gasteiger partial charge on any atom is -0.531 e. The summed E-state index contributed by atoms with van der Waals surface area (Å²) in [5, 5.41) is 0. The van der Waals surface area contributed by atoms with Crippen molar-refractivity contribution in [3.05, 3.63) is 35.4 Å². The van der Waals surface area contributed by atoms with Gasteiger partial charge in [-0.2, -0.15) is 0 Å². The van der Waals surface area contributed by atoms with Crippen LogP contribution in [0.15, 0.2) is 29.3 Å². The van der Waals surface area contributed by atoms with Crippen molar-refractivity contribution < 1.29 is 4.43 Å². The van der Waals surface area contributed by atoms with Gasteiger partial charge in [-0.15, -0.1) is 0 Å². The van der Waals surface area contributed by atoms with Crippen molar-refractivity contribution in [2.45, 2.75) is 32.5 Å². The molecule has 0 amide bonds. The Morgan fingerprint density at radius 1 is 1.38 bits per heavy atom. The fourth-order valence-electron chi connectivity index (χ4n) is 1.75. The molecule has 0 radical (unpaired) electrons. The van der Waals surface area contributed by atoms with Crippen molar-refractivity contribution in [2.75, 3.05) is 6.54 Å². The third-order valence-electron chi connectivity index (χ3n) is 3.32. The van der Waals surface area contributed by atoms with Gasteiger partial charge in [-0.25, -0.2) is 0 Å². The van der Waals surface area contributed by atoms with E-state index in [0.717, 1.165) is 18.0 Å². The molecule has 16 heavy (non-hydrogen) atoms. The summed E-state index contributed by atoms with van der Waals surface area (Å²) in [6.07, 6.45) is 0. The Labute approximate surface area is 98.5 Å². The average molecular weight is 233 g/mol. The van der Waals surface area contributed by atoms with Crippen molar-refractivity contribution in [3.63, 3.8) is 0 Å². The molecule has 0 aromatic heterocycles. The Kier molecular flexibility index (Phi) is 2.89. The minimum atomic E-state index is -1.59. The number of aliphatic imine (C=N–C) groups is 1. The Hall–Kier alpha value is -1.09. The zero-order chi connectivity index (χ0) is 11.8. The van der Waals surface area contributed by atoms with Gasteiger partial charge >= 0.3 is 0 Å². The van der Waals surface area contributed by atoms with Crippen molar-refractivity contribution in [1.82, 2.24) is 0 Å². The highest BCUT2D eigenvalue weighted by Gasteiger charge is 2.36. The van der Waals surface area contributed by atoms with Crippen LogP contribution in [0.2, 0.25) is 18.6 Å². The van der Waals surface area contributed by atoms with Crippen LogP contribution in [0.3, 0.4) is 0 Å². The molecule has 1 atom stereocenters. The molecule has 0 fully saturated rings. The quantitative estimate of drug-likeness (QED) is 0.682. The largest absolute Gasteiger partial charge is 0.531 e. The zero-order valence-electron chi connectivity index (χ0n) is 10.4. The molecule has 0 spiro atoms. The van der Waals surface area contributed by atoms with Crippen LogP contribution < -0.4 is 0 Å². The molecule has 0 saturated heterocycles. The first-order chi connectivity index (χ1) is 7.49. The SMILES string of the molecule is Cc1cccc(C2=NCC(C)[Si](C)(C)O2)c1. The topological polar surface area (TPSA) is 21.6 Å². The molecule has 2 nitrogen and oxygen atoms in total. The van der Waals surface area contributed by atoms with Gasteiger partial charge < -0.3 is 4.43 Å². The number of rotatable bonds is 1. The highest BCUT2D eigenvalue weighted by atomic mass is 28.4. The molecule has 0 saturated carbocycles. The second-order valence-corrected chi connectivity index (χ2v) is 9.52. The van der Waals surface area contributed by atoms with Crippen LogP contribution in [0.25, 0.3) is 0 Å². The minimum absolute atomic E-state index is 0.598. The highest BCUT2D eigenvalue weighted by molar-refractivity contribution is 6.74. The molecule has 0 aliphatic carbocycles. The lowest BCUT2D eigenvalue weighted by atomic mass is 10.1. The van der Waals surface area contributed by atoms with Gasteiger partial charge in [-0.3, -0.25) is 4.99 Å². The molecule has 1 aliphatic heterocycles. The van der Waals surface area contributed by atoms with Crippen LogP contribution in [-0.2, 0) is 4.43 Å². The predicted octanol–water partition coefficient (Wildman–Crippen LogP) is 3.37. The van der Waals surface area contributed by atoms with Crippen molar-refractivity contribution in [3.8, 4) is 0 Å². The predicted molar refractivity (Wildman–Crippen MR) is 70.6 cm³/mol. The highest BCUT2D eigenvalue weighted by Crippen LogP contribution is 2.28. The Bertz CT molecular complexity index is 426. The van der Waals surface area contributed by atoms with Gasteiger partial charge in [0.05, 0.1) is 0 Å². The molecule has 2 rings (SSSR count). The molecule has 3 heteroatoms. The molecule has 1 aliphatic rings. The number of hydrogen-bond donors (Lipinski definition) is 0. The van der Waals surface area contributed by atoms with Gasteiger partial charge in [0, 0.05) is 17.6 Å². The molecule has 1 aromatic carbocycles. The maximum atomic E-state index is 6.12. The van der Waals surface area contributed by atoms with E-state index in [1.54, 1.807) is 0 Å². The van der Waals surface area contributed by atoms with Crippen LogP contribution in [-0.4, -0.2) is 20.8 Å². The lowest BCUT2D eigenvalue weighted by Gasteiger charge is -2.34. The molecule has 1 heterocycles. The van der Waals surface area contributed by atoms with Crippen LogP contribution in [0.1, 0.15) is 18.1 Å². The van der Waals surface area contributed by atoms with E-state index in [-0.39, 0.29) is 0 Å². The van der Waals surface area contributed by atoms with Crippen LogP contribution >= 0.6 is 0 Å². The summed E-state index contributed by atoms with van der Waals surface area (Å²) in [5.41, 5.74) is 2.97. The van der Waals surface area contributed by atoms with E-state index in [1.807, 2.05) is 0 Å². The molecule has 0 bridgehead atoms. The maximum Gasteiger partial charge on any atom is 0.251 e. The van der Waals surface area contributed by atoms with E-state index < -0.39 is 8.32 Å². The van der Waals surface area contributed by atoms with Gasteiger partial charge in [-0.1, -0.05) is 24.6 Å². The Morgan fingerprint density at radius 3 is 2.75 bits per heavy atom. The zero-order valence-corrected chi connectivity index (χ0v) is 11.4. The molecule has 1 unspecified atom stereocenters. The van der Waals surface area contributed by atoms with Crippen molar-refractivity contribution in [1.29, 1.82) is 0 Å². The first-order valence-electron chi connectivity index (χ1n) is 5.79. The monoisotopic (exact) mass is 233 g/mol. The van der Waals surface area contributed by atoms with Gasteiger partial charge in [0.2, 0.25) is 5.90 Å². The second kappa shape index (κ2) is 4.05. The van der Waals surface area contributed by atoms with Gasteiger partial charge in [-0.05, 0) is 32.2 Å². The lowest BCUT2D eigenvalue weighted by Crippen LogP contribution is -2.42. The van der Waals surface area contributed by atoms with E-state index in [2.05, 4.69) is 56.2 Å². The molecule has 0 N–H and O–H groups in total. The smallest absolute Gasteiger partial charge is 0.251 e. The summed E-state index contributed by atoms with van der Waals surface area (Å²) >= 11 is 0. The summed E-state index contributed by atoms with van der Waals surface area (Å²) in [7, 11) is -1.59. The van der Waals surface area contributed by atoms with Gasteiger partial charge in [0.15, 0.2) is 0 Å². The van der Waals surface area contributed by atoms with Crippen LogP contribution in [0.5, 0.6) is 0 Å².